The minimum absolute atomic E-state index is 0.0621. The highest BCUT2D eigenvalue weighted by Gasteiger charge is 2.18. The number of halogens is 1. The van der Waals surface area contributed by atoms with E-state index in [-0.39, 0.29) is 5.60 Å². The first kappa shape index (κ1) is 15.5. The van der Waals surface area contributed by atoms with Crippen LogP contribution in [0.1, 0.15) is 32.3 Å². The van der Waals surface area contributed by atoms with E-state index in [1.165, 1.54) is 5.56 Å². The predicted octanol–water partition coefficient (Wildman–Crippen LogP) is 3.66. The van der Waals surface area contributed by atoms with Gasteiger partial charge in [0.2, 0.25) is 0 Å². The molecule has 1 rings (SSSR count). The van der Waals surface area contributed by atoms with Crippen LogP contribution in [0.5, 0.6) is 0 Å². The molecule has 0 saturated carbocycles. The van der Waals surface area contributed by atoms with Crippen molar-refractivity contribution in [1.82, 2.24) is 0 Å². The molecule has 0 aliphatic carbocycles. The summed E-state index contributed by atoms with van der Waals surface area (Å²) in [6.45, 7) is 4.94. The molecular weight excluding hydrogens is 246 g/mol. The average molecular weight is 270 g/mol. The van der Waals surface area contributed by atoms with Crippen molar-refractivity contribution in [2.45, 2.75) is 38.7 Å². The Kier molecular flexibility index (Phi) is 6.13. The van der Waals surface area contributed by atoms with Gasteiger partial charge in [-0.1, -0.05) is 23.7 Å². The molecule has 0 aliphatic heterocycles. The summed E-state index contributed by atoms with van der Waals surface area (Å²) in [5, 5.41) is 0.781. The molecule has 0 fully saturated rings. The molecule has 0 aliphatic rings. The smallest absolute Gasteiger partial charge is 0.0622 e. The van der Waals surface area contributed by atoms with Gasteiger partial charge >= 0.3 is 0 Å². The summed E-state index contributed by atoms with van der Waals surface area (Å²) in [6, 6.07) is 8.02. The molecule has 1 aromatic rings. The molecular formula is C15H24ClNO. The number of ether oxygens (including phenoxy) is 1. The van der Waals surface area contributed by atoms with Gasteiger partial charge < -0.3 is 10.5 Å². The Balaban J connectivity index is 2.49. The Morgan fingerprint density at radius 2 is 1.89 bits per heavy atom. The summed E-state index contributed by atoms with van der Waals surface area (Å²) >= 11 is 5.88. The molecule has 3 heteroatoms. The van der Waals surface area contributed by atoms with E-state index in [4.69, 9.17) is 22.1 Å². The van der Waals surface area contributed by atoms with Gasteiger partial charge in [-0.2, -0.15) is 0 Å². The molecule has 0 amide bonds. The second-order valence-electron chi connectivity index (χ2n) is 5.43. The highest BCUT2D eigenvalue weighted by Crippen LogP contribution is 2.22. The van der Waals surface area contributed by atoms with E-state index in [0.717, 1.165) is 24.3 Å². The maximum atomic E-state index is 5.88. The number of rotatable bonds is 7. The number of methoxy groups -OCH3 is 1. The average Bonchev–Trinajstić information content (AvgIpc) is 2.37. The Labute approximate surface area is 115 Å². The van der Waals surface area contributed by atoms with Crippen LogP contribution in [0.4, 0.5) is 0 Å². The molecule has 2 N–H and O–H groups in total. The standard InChI is InChI=1S/C15H24ClNO/c1-15(2,18-3)9-8-13(11-17)10-12-4-6-14(16)7-5-12/h4-7,13H,8-11,17H2,1-3H3. The number of hydrogen-bond acceptors (Lipinski definition) is 2. The van der Waals surface area contributed by atoms with E-state index in [0.29, 0.717) is 12.5 Å². The second kappa shape index (κ2) is 7.13. The molecule has 1 aromatic carbocycles. The fraction of sp³-hybridized carbons (Fsp3) is 0.600. The Morgan fingerprint density at radius 3 is 2.39 bits per heavy atom. The molecule has 2 nitrogen and oxygen atoms in total. The quantitative estimate of drug-likeness (QED) is 0.820. The molecule has 0 aromatic heterocycles. The van der Waals surface area contributed by atoms with E-state index in [9.17, 15) is 0 Å². The summed E-state index contributed by atoms with van der Waals surface area (Å²) in [4.78, 5) is 0. The monoisotopic (exact) mass is 269 g/mol. The minimum Gasteiger partial charge on any atom is -0.379 e. The van der Waals surface area contributed by atoms with Crippen molar-refractivity contribution in [2.24, 2.45) is 11.7 Å². The van der Waals surface area contributed by atoms with Crippen molar-refractivity contribution >= 4 is 11.6 Å². The first-order chi connectivity index (χ1) is 8.46. The first-order valence-electron chi connectivity index (χ1n) is 6.46. The molecule has 0 radical (unpaired) electrons. The van der Waals surface area contributed by atoms with Gasteiger partial charge in [0, 0.05) is 12.1 Å². The summed E-state index contributed by atoms with van der Waals surface area (Å²) in [6.07, 6.45) is 3.12. The zero-order valence-electron chi connectivity index (χ0n) is 11.6. The van der Waals surface area contributed by atoms with Gasteiger partial charge in [-0.15, -0.1) is 0 Å². The lowest BCUT2D eigenvalue weighted by Gasteiger charge is -2.25. The van der Waals surface area contributed by atoms with Gasteiger partial charge in [-0.25, -0.2) is 0 Å². The maximum absolute atomic E-state index is 5.88. The van der Waals surface area contributed by atoms with Crippen LogP contribution in [-0.4, -0.2) is 19.3 Å². The van der Waals surface area contributed by atoms with Crippen molar-refractivity contribution in [2.75, 3.05) is 13.7 Å². The fourth-order valence-corrected chi connectivity index (χ4v) is 2.04. The normalized spacial score (nSPS) is 13.6. The molecule has 1 unspecified atom stereocenters. The number of hydrogen-bond donors (Lipinski definition) is 1. The highest BCUT2D eigenvalue weighted by molar-refractivity contribution is 6.30. The molecule has 0 bridgehead atoms. The van der Waals surface area contributed by atoms with Crippen molar-refractivity contribution in [3.05, 3.63) is 34.9 Å². The predicted molar refractivity (Wildman–Crippen MR) is 78.0 cm³/mol. The molecule has 102 valence electrons. The van der Waals surface area contributed by atoms with E-state index in [1.54, 1.807) is 7.11 Å². The van der Waals surface area contributed by atoms with Crippen LogP contribution in [0.2, 0.25) is 5.02 Å². The van der Waals surface area contributed by atoms with Crippen molar-refractivity contribution in [3.8, 4) is 0 Å². The largest absolute Gasteiger partial charge is 0.379 e. The Hall–Kier alpha value is -0.570. The highest BCUT2D eigenvalue weighted by atomic mass is 35.5. The third kappa shape index (κ3) is 5.38. The van der Waals surface area contributed by atoms with Crippen molar-refractivity contribution in [3.63, 3.8) is 0 Å². The molecule has 0 spiro atoms. The van der Waals surface area contributed by atoms with Crippen LogP contribution < -0.4 is 5.73 Å². The lowest BCUT2D eigenvalue weighted by molar-refractivity contribution is 0.0106. The molecule has 1 atom stereocenters. The zero-order chi connectivity index (χ0) is 13.6. The van der Waals surface area contributed by atoms with E-state index >= 15 is 0 Å². The van der Waals surface area contributed by atoms with E-state index < -0.39 is 0 Å². The summed E-state index contributed by atoms with van der Waals surface area (Å²) < 4.78 is 5.44. The van der Waals surface area contributed by atoms with Crippen molar-refractivity contribution < 1.29 is 4.74 Å². The number of benzene rings is 1. The van der Waals surface area contributed by atoms with E-state index in [1.807, 2.05) is 12.1 Å². The van der Waals surface area contributed by atoms with Gasteiger partial charge in [-0.3, -0.25) is 0 Å². The number of nitrogens with two attached hydrogens (primary N) is 1. The first-order valence-corrected chi connectivity index (χ1v) is 6.84. The topological polar surface area (TPSA) is 35.2 Å². The van der Waals surface area contributed by atoms with Crippen LogP contribution in [0.3, 0.4) is 0 Å². The lowest BCUT2D eigenvalue weighted by Crippen LogP contribution is -2.26. The van der Waals surface area contributed by atoms with Gasteiger partial charge in [-0.05, 0) is 63.3 Å². The van der Waals surface area contributed by atoms with Crippen LogP contribution in [0.25, 0.3) is 0 Å². The fourth-order valence-electron chi connectivity index (χ4n) is 1.91. The molecule has 0 saturated heterocycles. The Bertz CT molecular complexity index is 348. The molecule has 0 heterocycles. The SMILES string of the molecule is COC(C)(C)CCC(CN)Cc1ccc(Cl)cc1. The Morgan fingerprint density at radius 1 is 1.28 bits per heavy atom. The second-order valence-corrected chi connectivity index (χ2v) is 5.87. The van der Waals surface area contributed by atoms with E-state index in [2.05, 4.69) is 26.0 Å². The van der Waals surface area contributed by atoms with Gasteiger partial charge in [0.05, 0.1) is 5.60 Å². The summed E-state index contributed by atoms with van der Waals surface area (Å²) in [7, 11) is 1.76. The van der Waals surface area contributed by atoms with Crippen LogP contribution in [-0.2, 0) is 11.2 Å². The minimum atomic E-state index is -0.0621. The van der Waals surface area contributed by atoms with Crippen LogP contribution >= 0.6 is 11.6 Å². The zero-order valence-corrected chi connectivity index (χ0v) is 12.3. The van der Waals surface area contributed by atoms with Gasteiger partial charge in [0.25, 0.3) is 0 Å². The third-order valence-electron chi connectivity index (χ3n) is 3.48. The molecule has 18 heavy (non-hydrogen) atoms. The third-order valence-corrected chi connectivity index (χ3v) is 3.73. The van der Waals surface area contributed by atoms with Crippen LogP contribution in [0, 0.1) is 5.92 Å². The van der Waals surface area contributed by atoms with Gasteiger partial charge in [0.1, 0.15) is 0 Å². The van der Waals surface area contributed by atoms with Gasteiger partial charge in [0.15, 0.2) is 0 Å². The lowest BCUT2D eigenvalue weighted by atomic mass is 9.90. The summed E-state index contributed by atoms with van der Waals surface area (Å²) in [5.74, 6) is 0.501. The van der Waals surface area contributed by atoms with Crippen LogP contribution in [0.15, 0.2) is 24.3 Å². The maximum Gasteiger partial charge on any atom is 0.0622 e. The van der Waals surface area contributed by atoms with Crippen molar-refractivity contribution in [1.29, 1.82) is 0 Å². The summed E-state index contributed by atoms with van der Waals surface area (Å²) in [5.41, 5.74) is 7.09.